The van der Waals surface area contributed by atoms with E-state index in [9.17, 15) is 0 Å². The van der Waals surface area contributed by atoms with E-state index in [0.29, 0.717) is 17.2 Å². The second-order valence-corrected chi connectivity index (χ2v) is 3.07. The molecule has 0 aliphatic rings. The first-order valence-corrected chi connectivity index (χ1v) is 4.31. The molecule has 0 saturated heterocycles. The number of fused-ring (bicyclic) bond motifs is 1. The van der Waals surface area contributed by atoms with E-state index in [0.717, 1.165) is 5.65 Å². The second-order valence-electron chi connectivity index (χ2n) is 3.07. The number of nitrogens with one attached hydrogen (secondary N) is 1. The van der Waals surface area contributed by atoms with Crippen LogP contribution in [0.25, 0.3) is 17.2 Å². The summed E-state index contributed by atoms with van der Waals surface area (Å²) in [5, 5.41) is 18.2. The van der Waals surface area contributed by atoms with Gasteiger partial charge in [0.25, 0.3) is 0 Å². The van der Waals surface area contributed by atoms with E-state index >= 15 is 0 Å². The minimum absolute atomic E-state index is 0.617. The molecule has 3 N–H and O–H groups in total. The lowest BCUT2D eigenvalue weighted by molar-refractivity contribution is 0.937. The van der Waals surface area contributed by atoms with E-state index in [2.05, 4.69) is 25.6 Å². The highest BCUT2D eigenvalue weighted by atomic mass is 15.3. The van der Waals surface area contributed by atoms with Crippen LogP contribution in [0.2, 0.25) is 0 Å². The van der Waals surface area contributed by atoms with Gasteiger partial charge in [-0.3, -0.25) is 4.40 Å². The smallest absolute Gasteiger partial charge is 0.190 e. The summed E-state index contributed by atoms with van der Waals surface area (Å²) in [6, 6.07) is 3.57. The van der Waals surface area contributed by atoms with Gasteiger partial charge in [0.2, 0.25) is 0 Å². The quantitative estimate of drug-likeness (QED) is 0.581. The van der Waals surface area contributed by atoms with E-state index in [1.807, 2.05) is 0 Å². The molecule has 0 saturated carbocycles. The molecular weight excluding hydrogens is 194 g/mol. The van der Waals surface area contributed by atoms with Crippen LogP contribution < -0.4 is 5.73 Å². The largest absolute Gasteiger partial charge is 0.398 e. The minimum Gasteiger partial charge on any atom is -0.398 e. The van der Waals surface area contributed by atoms with Crippen LogP contribution in [0.4, 0.5) is 5.69 Å². The maximum absolute atomic E-state index is 5.69. The highest BCUT2D eigenvalue weighted by molar-refractivity contribution is 5.56. The Hall–Kier alpha value is -2.44. The van der Waals surface area contributed by atoms with Crippen molar-refractivity contribution in [1.29, 1.82) is 0 Å². The lowest BCUT2D eigenvalue weighted by atomic mass is 10.4. The van der Waals surface area contributed by atoms with Gasteiger partial charge in [-0.15, -0.1) is 10.2 Å². The van der Waals surface area contributed by atoms with E-state index in [-0.39, 0.29) is 0 Å². The third kappa shape index (κ3) is 1.13. The number of H-pyrrole nitrogens is 1. The number of hydrogen-bond donors (Lipinski definition) is 2. The molecule has 0 spiro atoms. The van der Waals surface area contributed by atoms with Gasteiger partial charge in [0.05, 0.1) is 6.20 Å². The van der Waals surface area contributed by atoms with Gasteiger partial charge in [0.15, 0.2) is 17.2 Å². The Bertz CT molecular complexity index is 595. The molecule has 0 bridgehead atoms. The van der Waals surface area contributed by atoms with Crippen molar-refractivity contribution in [1.82, 2.24) is 30.0 Å². The standard InChI is InChI=1S/C8H7N7/c9-5-1-2-7-12-13-8(15(7)4-5)6-3-10-14-11-6/h1-4H,9H2,(H,10,11,14). The van der Waals surface area contributed by atoms with Gasteiger partial charge < -0.3 is 5.73 Å². The average molecular weight is 201 g/mol. The zero-order valence-corrected chi connectivity index (χ0v) is 7.62. The number of aromatic amines is 1. The Kier molecular flexibility index (Phi) is 1.46. The van der Waals surface area contributed by atoms with Gasteiger partial charge in [-0.05, 0) is 12.1 Å². The average Bonchev–Trinajstić information content (AvgIpc) is 2.83. The summed E-state index contributed by atoms with van der Waals surface area (Å²) in [6.45, 7) is 0. The van der Waals surface area contributed by atoms with E-state index in [4.69, 9.17) is 5.73 Å². The fourth-order valence-corrected chi connectivity index (χ4v) is 1.39. The third-order valence-corrected chi connectivity index (χ3v) is 2.07. The number of nitrogen functional groups attached to an aromatic ring is 1. The molecule has 3 rings (SSSR count). The molecule has 0 amide bonds. The van der Waals surface area contributed by atoms with Gasteiger partial charge in [0, 0.05) is 11.9 Å². The summed E-state index contributed by atoms with van der Waals surface area (Å²) in [5.41, 5.74) is 7.69. The zero-order valence-electron chi connectivity index (χ0n) is 7.62. The number of hydrogen-bond acceptors (Lipinski definition) is 5. The number of pyridine rings is 1. The van der Waals surface area contributed by atoms with Crippen molar-refractivity contribution in [3.8, 4) is 11.5 Å². The molecule has 0 fully saturated rings. The summed E-state index contributed by atoms with van der Waals surface area (Å²) in [5.74, 6) is 0.617. The fourth-order valence-electron chi connectivity index (χ4n) is 1.39. The molecule has 7 nitrogen and oxygen atoms in total. The van der Waals surface area contributed by atoms with Crippen LogP contribution in [0.3, 0.4) is 0 Å². The van der Waals surface area contributed by atoms with Crippen LogP contribution in [0.1, 0.15) is 0 Å². The maximum atomic E-state index is 5.69. The van der Waals surface area contributed by atoms with Crippen LogP contribution in [0, 0.1) is 0 Å². The summed E-state index contributed by atoms with van der Waals surface area (Å²) < 4.78 is 1.77. The van der Waals surface area contributed by atoms with Gasteiger partial charge in [-0.1, -0.05) is 0 Å². The SMILES string of the molecule is Nc1ccc2nnc(-c3cn[nH]n3)n2c1. The predicted octanol–water partition coefficient (Wildman–Crippen LogP) is 0.0966. The molecule has 15 heavy (non-hydrogen) atoms. The van der Waals surface area contributed by atoms with Crippen molar-refractivity contribution in [2.24, 2.45) is 0 Å². The highest BCUT2D eigenvalue weighted by Crippen LogP contribution is 2.15. The Balaban J connectivity index is 2.32. The molecule has 0 aliphatic carbocycles. The van der Waals surface area contributed by atoms with Crippen molar-refractivity contribution in [2.45, 2.75) is 0 Å². The molecule has 0 aliphatic heterocycles. The van der Waals surface area contributed by atoms with E-state index in [1.165, 1.54) is 0 Å². The minimum atomic E-state index is 0.617. The molecule has 7 heteroatoms. The molecule has 0 radical (unpaired) electrons. The Morgan fingerprint density at radius 2 is 2.20 bits per heavy atom. The summed E-state index contributed by atoms with van der Waals surface area (Å²) >= 11 is 0. The lowest BCUT2D eigenvalue weighted by Gasteiger charge is -1.96. The first kappa shape index (κ1) is 7.92. The van der Waals surface area contributed by atoms with Crippen molar-refractivity contribution in [3.05, 3.63) is 24.5 Å². The molecule has 3 aromatic heterocycles. The van der Waals surface area contributed by atoms with Crippen molar-refractivity contribution in [3.63, 3.8) is 0 Å². The van der Waals surface area contributed by atoms with Crippen LogP contribution >= 0.6 is 0 Å². The van der Waals surface area contributed by atoms with E-state index in [1.54, 1.807) is 28.9 Å². The van der Waals surface area contributed by atoms with Gasteiger partial charge in [-0.25, -0.2) is 0 Å². The van der Waals surface area contributed by atoms with Crippen molar-refractivity contribution < 1.29 is 0 Å². The Labute approximate surface area is 83.9 Å². The summed E-state index contributed by atoms with van der Waals surface area (Å²) in [4.78, 5) is 0. The van der Waals surface area contributed by atoms with Crippen molar-refractivity contribution >= 4 is 11.3 Å². The molecule has 0 unspecified atom stereocenters. The normalized spacial score (nSPS) is 10.9. The van der Waals surface area contributed by atoms with Crippen LogP contribution in [0.5, 0.6) is 0 Å². The molecule has 74 valence electrons. The number of rotatable bonds is 1. The Morgan fingerprint density at radius 1 is 1.27 bits per heavy atom. The molecular formula is C8H7N7. The topological polar surface area (TPSA) is 97.8 Å². The van der Waals surface area contributed by atoms with Crippen LogP contribution in [0.15, 0.2) is 24.5 Å². The fraction of sp³-hybridized carbons (Fsp3) is 0. The molecule has 3 heterocycles. The summed E-state index contributed by atoms with van der Waals surface area (Å²) in [6.07, 6.45) is 3.33. The van der Waals surface area contributed by atoms with Gasteiger partial charge in [-0.2, -0.15) is 15.4 Å². The third-order valence-electron chi connectivity index (χ3n) is 2.07. The zero-order chi connectivity index (χ0) is 10.3. The predicted molar refractivity (Wildman–Crippen MR) is 52.8 cm³/mol. The van der Waals surface area contributed by atoms with Gasteiger partial charge in [0.1, 0.15) is 0 Å². The molecule has 0 atom stereocenters. The molecule has 3 aromatic rings. The second kappa shape index (κ2) is 2.77. The molecule has 0 aromatic carbocycles. The first-order valence-electron chi connectivity index (χ1n) is 4.31. The van der Waals surface area contributed by atoms with Crippen molar-refractivity contribution in [2.75, 3.05) is 5.73 Å². The summed E-state index contributed by atoms with van der Waals surface area (Å²) in [7, 11) is 0. The van der Waals surface area contributed by atoms with Gasteiger partial charge >= 0.3 is 0 Å². The van der Waals surface area contributed by atoms with Crippen LogP contribution in [-0.2, 0) is 0 Å². The number of anilines is 1. The first-order chi connectivity index (χ1) is 7.34. The van der Waals surface area contributed by atoms with E-state index < -0.39 is 0 Å². The monoisotopic (exact) mass is 201 g/mol. The van der Waals surface area contributed by atoms with Crippen LogP contribution in [-0.4, -0.2) is 30.0 Å². The lowest BCUT2D eigenvalue weighted by Crippen LogP contribution is -1.93. The number of nitrogens with two attached hydrogens (primary N) is 1. The maximum Gasteiger partial charge on any atom is 0.190 e. The highest BCUT2D eigenvalue weighted by Gasteiger charge is 2.09. The Morgan fingerprint density at radius 3 is 3.00 bits per heavy atom. The number of nitrogens with zero attached hydrogens (tertiary/aromatic N) is 5. The number of aromatic nitrogens is 6.